The highest BCUT2D eigenvalue weighted by atomic mass is 35.5. The van der Waals surface area contributed by atoms with Crippen molar-refractivity contribution < 1.29 is 0 Å². The Labute approximate surface area is 77.0 Å². The lowest BCUT2D eigenvalue weighted by Crippen LogP contribution is -2.08. The van der Waals surface area contributed by atoms with Crippen molar-refractivity contribution in [2.45, 2.75) is 0 Å². The van der Waals surface area contributed by atoms with Crippen molar-refractivity contribution in [1.29, 1.82) is 5.26 Å². The molecular weight excluding hydrogens is 172 g/mol. The van der Waals surface area contributed by atoms with Gasteiger partial charge in [0.05, 0.1) is 22.3 Å². The molecule has 0 unspecified atom stereocenters. The van der Waals surface area contributed by atoms with Gasteiger partial charge in [0.2, 0.25) is 0 Å². The molecule has 0 saturated carbocycles. The molecule has 1 aromatic rings. The molecule has 1 rings (SSSR count). The third-order valence-corrected chi connectivity index (χ3v) is 1.86. The summed E-state index contributed by atoms with van der Waals surface area (Å²) in [7, 11) is 3.82. The molecule has 2 nitrogen and oxygen atoms in total. The van der Waals surface area contributed by atoms with Gasteiger partial charge in [0.15, 0.2) is 0 Å². The first-order chi connectivity index (χ1) is 5.65. The van der Waals surface area contributed by atoms with E-state index in [9.17, 15) is 0 Å². The summed E-state index contributed by atoms with van der Waals surface area (Å²) in [5.41, 5.74) is 1.52. The maximum absolute atomic E-state index is 8.57. The fourth-order valence-corrected chi connectivity index (χ4v) is 1.29. The van der Waals surface area contributed by atoms with E-state index in [1.807, 2.05) is 31.1 Å². The molecule has 0 aliphatic heterocycles. The van der Waals surface area contributed by atoms with E-state index in [2.05, 4.69) is 0 Å². The van der Waals surface area contributed by atoms with E-state index in [0.717, 1.165) is 5.69 Å². The molecule has 0 N–H and O–H groups in total. The molecule has 0 atom stereocenters. The van der Waals surface area contributed by atoms with Crippen LogP contribution in [0.5, 0.6) is 0 Å². The Kier molecular flexibility index (Phi) is 2.57. The summed E-state index contributed by atoms with van der Waals surface area (Å²) in [4.78, 5) is 1.91. The summed E-state index contributed by atoms with van der Waals surface area (Å²) in [6.45, 7) is 0. The molecule has 1 aromatic carbocycles. The second-order valence-electron chi connectivity index (χ2n) is 2.67. The Morgan fingerprint density at radius 1 is 1.42 bits per heavy atom. The first-order valence-corrected chi connectivity index (χ1v) is 3.90. The van der Waals surface area contributed by atoms with Crippen LogP contribution in [-0.2, 0) is 0 Å². The Morgan fingerprint density at radius 2 is 2.08 bits per heavy atom. The molecule has 0 amide bonds. The van der Waals surface area contributed by atoms with Gasteiger partial charge in [-0.05, 0) is 18.2 Å². The molecule has 0 spiro atoms. The van der Waals surface area contributed by atoms with Crippen molar-refractivity contribution in [3.05, 3.63) is 28.8 Å². The van der Waals surface area contributed by atoms with Crippen LogP contribution in [0.3, 0.4) is 0 Å². The summed E-state index contributed by atoms with van der Waals surface area (Å²) in [6.07, 6.45) is 0. The lowest BCUT2D eigenvalue weighted by molar-refractivity contribution is 1.13. The van der Waals surface area contributed by atoms with Gasteiger partial charge in [-0.3, -0.25) is 0 Å². The predicted molar refractivity (Wildman–Crippen MR) is 50.5 cm³/mol. The topological polar surface area (TPSA) is 27.0 Å². The molecule has 0 bridgehead atoms. The number of anilines is 1. The Bertz CT molecular complexity index is 326. The smallest absolute Gasteiger partial charge is 0.0992 e. The molecule has 62 valence electrons. The Hall–Kier alpha value is -1.20. The molecule has 3 heteroatoms. The van der Waals surface area contributed by atoms with Gasteiger partial charge >= 0.3 is 0 Å². The van der Waals surface area contributed by atoms with Gasteiger partial charge in [0, 0.05) is 14.1 Å². The Morgan fingerprint density at radius 3 is 2.50 bits per heavy atom. The first kappa shape index (κ1) is 8.89. The number of benzene rings is 1. The Balaban J connectivity index is 3.14. The van der Waals surface area contributed by atoms with E-state index in [-0.39, 0.29) is 0 Å². The van der Waals surface area contributed by atoms with Gasteiger partial charge in [-0.1, -0.05) is 11.6 Å². The van der Waals surface area contributed by atoms with Crippen molar-refractivity contribution >= 4 is 17.3 Å². The molecule has 0 aliphatic rings. The third-order valence-electron chi connectivity index (χ3n) is 1.56. The average Bonchev–Trinajstić information content (AvgIpc) is 2.03. The van der Waals surface area contributed by atoms with Crippen LogP contribution in [0.4, 0.5) is 5.69 Å². The monoisotopic (exact) mass is 180 g/mol. The second-order valence-corrected chi connectivity index (χ2v) is 3.08. The van der Waals surface area contributed by atoms with Crippen molar-refractivity contribution in [2.24, 2.45) is 0 Å². The fraction of sp³-hybridized carbons (Fsp3) is 0.222. The minimum atomic E-state index is 0.589. The maximum Gasteiger partial charge on any atom is 0.0992 e. The highest BCUT2D eigenvalue weighted by Crippen LogP contribution is 2.24. The standard InChI is InChI=1S/C9H9ClN2/c1-12(2)9-4-3-7(6-11)5-8(9)10/h3-5H,1-2H3. The molecule has 12 heavy (non-hydrogen) atoms. The van der Waals surface area contributed by atoms with Crippen LogP contribution in [0.1, 0.15) is 5.56 Å². The number of hydrogen-bond acceptors (Lipinski definition) is 2. The van der Waals surface area contributed by atoms with Crippen molar-refractivity contribution in [3.63, 3.8) is 0 Å². The number of nitriles is 1. The van der Waals surface area contributed by atoms with E-state index < -0.39 is 0 Å². The van der Waals surface area contributed by atoms with Gasteiger partial charge in [0.25, 0.3) is 0 Å². The van der Waals surface area contributed by atoms with Crippen LogP contribution in [0.15, 0.2) is 18.2 Å². The molecule has 0 aliphatic carbocycles. The first-order valence-electron chi connectivity index (χ1n) is 3.52. The highest BCUT2D eigenvalue weighted by Gasteiger charge is 2.02. The average molecular weight is 181 g/mol. The van der Waals surface area contributed by atoms with Crippen LogP contribution in [-0.4, -0.2) is 14.1 Å². The van der Waals surface area contributed by atoms with Crippen LogP contribution < -0.4 is 4.90 Å². The summed E-state index contributed by atoms with van der Waals surface area (Å²) in [5.74, 6) is 0. The van der Waals surface area contributed by atoms with Gasteiger partial charge in [0.1, 0.15) is 0 Å². The minimum Gasteiger partial charge on any atom is -0.376 e. The molecule has 0 heterocycles. The highest BCUT2D eigenvalue weighted by molar-refractivity contribution is 6.33. The number of hydrogen-bond donors (Lipinski definition) is 0. The fourth-order valence-electron chi connectivity index (χ4n) is 0.939. The zero-order chi connectivity index (χ0) is 9.14. The summed E-state index contributed by atoms with van der Waals surface area (Å²) in [5, 5.41) is 9.18. The van der Waals surface area contributed by atoms with Gasteiger partial charge in [-0.2, -0.15) is 5.26 Å². The van der Waals surface area contributed by atoms with Crippen molar-refractivity contribution in [1.82, 2.24) is 0 Å². The lowest BCUT2D eigenvalue weighted by atomic mass is 10.2. The molecule has 0 aromatic heterocycles. The lowest BCUT2D eigenvalue weighted by Gasteiger charge is -2.13. The van der Waals surface area contributed by atoms with Gasteiger partial charge < -0.3 is 4.90 Å². The zero-order valence-electron chi connectivity index (χ0n) is 7.00. The number of halogens is 1. The third kappa shape index (κ3) is 1.69. The summed E-state index contributed by atoms with van der Waals surface area (Å²) >= 11 is 5.91. The largest absolute Gasteiger partial charge is 0.376 e. The van der Waals surface area contributed by atoms with E-state index in [0.29, 0.717) is 10.6 Å². The summed E-state index contributed by atoms with van der Waals surface area (Å²) < 4.78 is 0. The summed E-state index contributed by atoms with van der Waals surface area (Å²) in [6, 6.07) is 7.28. The van der Waals surface area contributed by atoms with E-state index >= 15 is 0 Å². The van der Waals surface area contributed by atoms with E-state index in [1.165, 1.54) is 0 Å². The molecule has 0 fully saturated rings. The maximum atomic E-state index is 8.57. The number of rotatable bonds is 1. The SMILES string of the molecule is CN(C)c1ccc(C#N)cc1Cl. The molecule has 0 radical (unpaired) electrons. The van der Waals surface area contributed by atoms with Gasteiger partial charge in [-0.25, -0.2) is 0 Å². The predicted octanol–water partition coefficient (Wildman–Crippen LogP) is 2.28. The normalized spacial score (nSPS) is 9.17. The van der Waals surface area contributed by atoms with Crippen molar-refractivity contribution in [3.8, 4) is 6.07 Å². The van der Waals surface area contributed by atoms with E-state index in [4.69, 9.17) is 16.9 Å². The molecule has 0 saturated heterocycles. The van der Waals surface area contributed by atoms with E-state index in [1.54, 1.807) is 12.1 Å². The number of nitrogens with zero attached hydrogens (tertiary/aromatic N) is 2. The van der Waals surface area contributed by atoms with Gasteiger partial charge in [-0.15, -0.1) is 0 Å². The van der Waals surface area contributed by atoms with Crippen LogP contribution >= 0.6 is 11.6 Å². The zero-order valence-corrected chi connectivity index (χ0v) is 7.76. The quantitative estimate of drug-likeness (QED) is 0.663. The second kappa shape index (κ2) is 3.46. The molecular formula is C9H9ClN2. The van der Waals surface area contributed by atoms with Crippen LogP contribution in [0.25, 0.3) is 0 Å². The van der Waals surface area contributed by atoms with Crippen LogP contribution in [0, 0.1) is 11.3 Å². The minimum absolute atomic E-state index is 0.589. The van der Waals surface area contributed by atoms with Crippen LogP contribution in [0.2, 0.25) is 5.02 Å². The van der Waals surface area contributed by atoms with Crippen molar-refractivity contribution in [2.75, 3.05) is 19.0 Å².